The molecule has 1 aromatic rings. The van der Waals surface area contributed by atoms with Crippen molar-refractivity contribution in [1.29, 1.82) is 0 Å². The van der Waals surface area contributed by atoms with E-state index < -0.39 is 10.8 Å². The van der Waals surface area contributed by atoms with Crippen LogP contribution in [-0.2, 0) is 16.6 Å². The van der Waals surface area contributed by atoms with Crippen LogP contribution in [0.2, 0.25) is 0 Å². The molecule has 0 aliphatic rings. The minimum absolute atomic E-state index is 0.0690. The van der Waals surface area contributed by atoms with Crippen LogP contribution in [0.5, 0.6) is 0 Å². The predicted molar refractivity (Wildman–Crippen MR) is 61.4 cm³/mol. The zero-order valence-corrected chi connectivity index (χ0v) is 9.30. The van der Waals surface area contributed by atoms with E-state index in [9.17, 15) is 4.21 Å². The van der Waals surface area contributed by atoms with Crippen molar-refractivity contribution in [1.82, 2.24) is 0 Å². The standard InChI is InChI=1S/C11H17NOS/c1-2-11(12)9-14(13)8-10-6-4-3-5-7-10/h3-7,11H,2,8-9,12H2,1H3. The van der Waals surface area contributed by atoms with Gasteiger partial charge in [0.25, 0.3) is 0 Å². The maximum absolute atomic E-state index is 11.6. The summed E-state index contributed by atoms with van der Waals surface area (Å²) < 4.78 is 11.6. The average Bonchev–Trinajstić information content (AvgIpc) is 2.19. The van der Waals surface area contributed by atoms with E-state index in [1.54, 1.807) is 0 Å². The van der Waals surface area contributed by atoms with E-state index in [0.717, 1.165) is 12.0 Å². The zero-order chi connectivity index (χ0) is 10.4. The van der Waals surface area contributed by atoms with Crippen LogP contribution in [0.25, 0.3) is 0 Å². The zero-order valence-electron chi connectivity index (χ0n) is 8.48. The number of hydrogen-bond donors (Lipinski definition) is 1. The lowest BCUT2D eigenvalue weighted by atomic mass is 10.2. The van der Waals surface area contributed by atoms with Crippen LogP contribution < -0.4 is 5.73 Å². The fraction of sp³-hybridized carbons (Fsp3) is 0.455. The van der Waals surface area contributed by atoms with Gasteiger partial charge in [-0.2, -0.15) is 0 Å². The lowest BCUT2D eigenvalue weighted by molar-refractivity contribution is 0.663. The third kappa shape index (κ3) is 4.03. The number of nitrogens with two attached hydrogens (primary N) is 1. The van der Waals surface area contributed by atoms with Gasteiger partial charge in [-0.1, -0.05) is 37.3 Å². The summed E-state index contributed by atoms with van der Waals surface area (Å²) in [5.74, 6) is 1.22. The van der Waals surface area contributed by atoms with Gasteiger partial charge in [0.15, 0.2) is 0 Å². The van der Waals surface area contributed by atoms with Crippen LogP contribution in [0, 0.1) is 0 Å². The van der Waals surface area contributed by atoms with E-state index in [-0.39, 0.29) is 6.04 Å². The first-order valence-corrected chi connectivity index (χ1v) is 6.35. The third-order valence-electron chi connectivity index (χ3n) is 2.09. The van der Waals surface area contributed by atoms with Crippen LogP contribution in [0.1, 0.15) is 18.9 Å². The number of benzene rings is 1. The molecule has 0 fully saturated rings. The first-order chi connectivity index (χ1) is 6.72. The summed E-state index contributed by atoms with van der Waals surface area (Å²) in [6, 6.07) is 9.95. The molecule has 0 saturated heterocycles. The Bertz CT molecular complexity index is 287. The van der Waals surface area contributed by atoms with Crippen molar-refractivity contribution in [2.75, 3.05) is 5.75 Å². The maximum Gasteiger partial charge on any atom is 0.0486 e. The molecule has 2 N–H and O–H groups in total. The highest BCUT2D eigenvalue weighted by Gasteiger charge is 2.06. The second-order valence-corrected chi connectivity index (χ2v) is 4.91. The van der Waals surface area contributed by atoms with Crippen molar-refractivity contribution in [2.45, 2.75) is 25.1 Å². The van der Waals surface area contributed by atoms with E-state index in [4.69, 9.17) is 5.73 Å². The van der Waals surface area contributed by atoms with E-state index in [2.05, 4.69) is 0 Å². The molecule has 0 aliphatic carbocycles. The molecular weight excluding hydrogens is 194 g/mol. The van der Waals surface area contributed by atoms with E-state index in [0.29, 0.717) is 11.5 Å². The van der Waals surface area contributed by atoms with Crippen molar-refractivity contribution < 1.29 is 4.21 Å². The Hall–Kier alpha value is -0.670. The molecule has 78 valence electrons. The Balaban J connectivity index is 2.42. The quantitative estimate of drug-likeness (QED) is 0.805. The highest BCUT2D eigenvalue weighted by atomic mass is 32.2. The molecule has 1 rings (SSSR count). The highest BCUT2D eigenvalue weighted by molar-refractivity contribution is 7.84. The molecule has 0 spiro atoms. The summed E-state index contributed by atoms with van der Waals surface area (Å²) in [4.78, 5) is 0. The van der Waals surface area contributed by atoms with E-state index >= 15 is 0 Å². The summed E-state index contributed by atoms with van der Waals surface area (Å²) in [5, 5.41) is 0. The maximum atomic E-state index is 11.6. The summed E-state index contributed by atoms with van der Waals surface area (Å²) in [6.45, 7) is 2.02. The second-order valence-electron chi connectivity index (χ2n) is 3.40. The molecule has 0 heterocycles. The van der Waals surface area contributed by atoms with Crippen LogP contribution >= 0.6 is 0 Å². The van der Waals surface area contributed by atoms with Gasteiger partial charge in [0, 0.05) is 28.3 Å². The summed E-state index contributed by atoms with van der Waals surface area (Å²) in [6.07, 6.45) is 0.889. The van der Waals surface area contributed by atoms with Gasteiger partial charge in [-0.15, -0.1) is 0 Å². The van der Waals surface area contributed by atoms with Gasteiger partial charge in [-0.25, -0.2) is 0 Å². The Morgan fingerprint density at radius 3 is 2.57 bits per heavy atom. The fourth-order valence-corrected chi connectivity index (χ4v) is 2.57. The van der Waals surface area contributed by atoms with Gasteiger partial charge in [0.05, 0.1) is 0 Å². The largest absolute Gasteiger partial charge is 0.327 e. The van der Waals surface area contributed by atoms with Crippen LogP contribution in [0.4, 0.5) is 0 Å². The molecule has 0 saturated carbocycles. The molecular formula is C11H17NOS. The van der Waals surface area contributed by atoms with Gasteiger partial charge in [0.2, 0.25) is 0 Å². The first-order valence-electron chi connectivity index (χ1n) is 4.87. The molecule has 1 aromatic carbocycles. The highest BCUT2D eigenvalue weighted by Crippen LogP contribution is 2.04. The molecule has 3 heteroatoms. The van der Waals surface area contributed by atoms with Crippen molar-refractivity contribution in [3.63, 3.8) is 0 Å². The van der Waals surface area contributed by atoms with Crippen molar-refractivity contribution in [3.05, 3.63) is 35.9 Å². The topological polar surface area (TPSA) is 43.1 Å². The molecule has 2 unspecified atom stereocenters. The predicted octanol–water partition coefficient (Wildman–Crippen LogP) is 1.67. The first kappa shape index (κ1) is 11.4. The SMILES string of the molecule is CCC(N)CS(=O)Cc1ccccc1. The third-order valence-corrected chi connectivity index (χ3v) is 3.55. The smallest absolute Gasteiger partial charge is 0.0486 e. The lowest BCUT2D eigenvalue weighted by Gasteiger charge is -2.07. The molecule has 0 amide bonds. The van der Waals surface area contributed by atoms with Crippen molar-refractivity contribution in [2.24, 2.45) is 5.73 Å². The summed E-state index contributed by atoms with van der Waals surface area (Å²) in [5.41, 5.74) is 6.85. The van der Waals surface area contributed by atoms with Crippen LogP contribution in [0.3, 0.4) is 0 Å². The van der Waals surface area contributed by atoms with Gasteiger partial charge in [0.1, 0.15) is 0 Å². The summed E-state index contributed by atoms with van der Waals surface area (Å²) in [7, 11) is -0.826. The molecule has 0 aromatic heterocycles. The van der Waals surface area contributed by atoms with Gasteiger partial charge >= 0.3 is 0 Å². The minimum atomic E-state index is -0.826. The molecule has 2 nitrogen and oxygen atoms in total. The second kappa shape index (κ2) is 5.94. The van der Waals surface area contributed by atoms with Crippen LogP contribution in [-0.4, -0.2) is 16.0 Å². The number of rotatable bonds is 5. The molecule has 0 radical (unpaired) electrons. The van der Waals surface area contributed by atoms with Gasteiger partial charge in [-0.3, -0.25) is 4.21 Å². The number of hydrogen-bond acceptors (Lipinski definition) is 2. The van der Waals surface area contributed by atoms with Crippen molar-refractivity contribution in [3.8, 4) is 0 Å². The molecule has 14 heavy (non-hydrogen) atoms. The monoisotopic (exact) mass is 211 g/mol. The summed E-state index contributed by atoms with van der Waals surface area (Å²) >= 11 is 0. The van der Waals surface area contributed by atoms with Crippen LogP contribution in [0.15, 0.2) is 30.3 Å². The Labute approximate surface area is 88.0 Å². The average molecular weight is 211 g/mol. The molecule has 2 atom stereocenters. The van der Waals surface area contributed by atoms with E-state index in [1.807, 2.05) is 37.3 Å². The van der Waals surface area contributed by atoms with E-state index in [1.165, 1.54) is 0 Å². The lowest BCUT2D eigenvalue weighted by Crippen LogP contribution is -2.26. The normalized spacial score (nSPS) is 15.0. The molecule has 0 aliphatic heterocycles. The fourth-order valence-electron chi connectivity index (χ4n) is 1.18. The molecule has 0 bridgehead atoms. The van der Waals surface area contributed by atoms with Gasteiger partial charge < -0.3 is 5.73 Å². The minimum Gasteiger partial charge on any atom is -0.327 e. The van der Waals surface area contributed by atoms with Gasteiger partial charge in [-0.05, 0) is 12.0 Å². The Kier molecular flexibility index (Phi) is 4.84. The van der Waals surface area contributed by atoms with Crippen molar-refractivity contribution >= 4 is 10.8 Å². The Morgan fingerprint density at radius 1 is 1.36 bits per heavy atom. The Morgan fingerprint density at radius 2 is 2.00 bits per heavy atom.